The number of nitrogens with one attached hydrogen (secondary N) is 1. The lowest BCUT2D eigenvalue weighted by Crippen LogP contribution is -2.35. The molecule has 1 aromatic heterocycles. The smallest absolute Gasteiger partial charge is 0.306 e. The Morgan fingerprint density at radius 1 is 1.37 bits per heavy atom. The second-order valence-corrected chi connectivity index (χ2v) is 6.21. The summed E-state index contributed by atoms with van der Waals surface area (Å²) in [5.74, 6) is 0.421. The predicted molar refractivity (Wildman–Crippen MR) is 76.0 cm³/mol. The van der Waals surface area contributed by atoms with Crippen LogP contribution in [0.4, 0.5) is 0 Å². The standard InChI is InChI=1S/C13H21N3O2S/c1-13(2,3)16-9-10-7-14-12(15-8-10)19-6-5-11(17)18-4/h7-8,16H,5-6,9H2,1-4H3. The molecule has 5 nitrogen and oxygen atoms in total. The van der Waals surface area contributed by atoms with E-state index < -0.39 is 0 Å². The van der Waals surface area contributed by atoms with Gasteiger partial charge in [0.05, 0.1) is 13.5 Å². The van der Waals surface area contributed by atoms with Crippen molar-refractivity contribution < 1.29 is 9.53 Å². The van der Waals surface area contributed by atoms with Crippen molar-refractivity contribution in [3.63, 3.8) is 0 Å². The van der Waals surface area contributed by atoms with Crippen LogP contribution in [-0.4, -0.2) is 34.3 Å². The van der Waals surface area contributed by atoms with Crippen LogP contribution in [-0.2, 0) is 16.1 Å². The van der Waals surface area contributed by atoms with Crippen LogP contribution in [0.3, 0.4) is 0 Å². The normalized spacial score (nSPS) is 11.4. The van der Waals surface area contributed by atoms with Gasteiger partial charge in [-0.15, -0.1) is 0 Å². The number of carbonyl (C=O) groups excluding carboxylic acids is 1. The quantitative estimate of drug-likeness (QED) is 0.489. The molecule has 0 unspecified atom stereocenters. The fraction of sp³-hybridized carbons (Fsp3) is 0.615. The highest BCUT2D eigenvalue weighted by molar-refractivity contribution is 7.99. The number of ether oxygens (including phenoxy) is 1. The van der Waals surface area contributed by atoms with E-state index in [9.17, 15) is 4.79 Å². The van der Waals surface area contributed by atoms with E-state index >= 15 is 0 Å². The number of hydrogen-bond acceptors (Lipinski definition) is 6. The molecule has 0 saturated carbocycles. The molecule has 0 saturated heterocycles. The Bertz CT molecular complexity index is 401. The molecule has 1 aromatic rings. The number of hydrogen-bond donors (Lipinski definition) is 1. The molecule has 0 amide bonds. The van der Waals surface area contributed by atoms with Crippen LogP contribution < -0.4 is 5.32 Å². The largest absolute Gasteiger partial charge is 0.469 e. The zero-order chi connectivity index (χ0) is 14.3. The summed E-state index contributed by atoms with van der Waals surface area (Å²) in [6.45, 7) is 7.09. The first-order chi connectivity index (χ1) is 8.90. The predicted octanol–water partition coefficient (Wildman–Crippen LogP) is 2.02. The maximum atomic E-state index is 11.0. The second-order valence-electron chi connectivity index (χ2n) is 5.15. The van der Waals surface area contributed by atoms with Gasteiger partial charge >= 0.3 is 5.97 Å². The molecule has 0 spiro atoms. The van der Waals surface area contributed by atoms with Gasteiger partial charge in [-0.3, -0.25) is 4.79 Å². The van der Waals surface area contributed by atoms with Gasteiger partial charge in [0.25, 0.3) is 0 Å². The minimum Gasteiger partial charge on any atom is -0.469 e. The summed E-state index contributed by atoms with van der Waals surface area (Å²) in [5.41, 5.74) is 1.13. The van der Waals surface area contributed by atoms with Crippen LogP contribution in [0.2, 0.25) is 0 Å². The molecule has 0 bridgehead atoms. The van der Waals surface area contributed by atoms with Crippen molar-refractivity contribution in [3.8, 4) is 0 Å². The van der Waals surface area contributed by atoms with E-state index in [-0.39, 0.29) is 11.5 Å². The first-order valence-corrected chi connectivity index (χ1v) is 7.15. The van der Waals surface area contributed by atoms with Gasteiger partial charge in [0, 0.05) is 35.8 Å². The average Bonchev–Trinajstić information content (AvgIpc) is 2.36. The fourth-order valence-electron chi connectivity index (χ4n) is 1.20. The molecular formula is C13H21N3O2S. The monoisotopic (exact) mass is 283 g/mol. The third kappa shape index (κ3) is 7.12. The van der Waals surface area contributed by atoms with Crippen LogP contribution in [0.25, 0.3) is 0 Å². The Morgan fingerprint density at radius 3 is 2.53 bits per heavy atom. The van der Waals surface area contributed by atoms with Gasteiger partial charge in [0.2, 0.25) is 0 Å². The SMILES string of the molecule is COC(=O)CCSc1ncc(CNC(C)(C)C)cn1. The lowest BCUT2D eigenvalue weighted by Gasteiger charge is -2.20. The summed E-state index contributed by atoms with van der Waals surface area (Å²) in [5, 5.41) is 4.06. The molecule has 1 heterocycles. The van der Waals surface area contributed by atoms with E-state index in [1.807, 2.05) is 12.4 Å². The third-order valence-corrected chi connectivity index (χ3v) is 3.15. The molecule has 1 rings (SSSR count). The number of thioether (sulfide) groups is 1. The number of aromatic nitrogens is 2. The summed E-state index contributed by atoms with van der Waals surface area (Å²) < 4.78 is 4.57. The maximum absolute atomic E-state index is 11.0. The van der Waals surface area contributed by atoms with E-state index in [1.165, 1.54) is 18.9 Å². The molecule has 0 aliphatic heterocycles. The zero-order valence-corrected chi connectivity index (χ0v) is 12.7. The Kier molecular flexibility index (Phi) is 6.24. The topological polar surface area (TPSA) is 64.1 Å². The van der Waals surface area contributed by atoms with E-state index in [1.54, 1.807) is 0 Å². The molecule has 6 heteroatoms. The van der Waals surface area contributed by atoms with Crippen molar-refractivity contribution in [3.05, 3.63) is 18.0 Å². The van der Waals surface area contributed by atoms with Crippen molar-refractivity contribution >= 4 is 17.7 Å². The molecule has 0 radical (unpaired) electrons. The van der Waals surface area contributed by atoms with Crippen LogP contribution >= 0.6 is 11.8 Å². The number of carbonyl (C=O) groups is 1. The van der Waals surface area contributed by atoms with Gasteiger partial charge in [-0.2, -0.15) is 0 Å². The lowest BCUT2D eigenvalue weighted by atomic mass is 10.1. The van der Waals surface area contributed by atoms with Crippen LogP contribution in [0.1, 0.15) is 32.8 Å². The molecular weight excluding hydrogens is 262 g/mol. The zero-order valence-electron chi connectivity index (χ0n) is 11.9. The Balaban J connectivity index is 2.37. The summed E-state index contributed by atoms with van der Waals surface area (Å²) in [6, 6.07) is 0. The number of nitrogens with zero attached hydrogens (tertiary/aromatic N) is 2. The van der Waals surface area contributed by atoms with Gasteiger partial charge in [-0.1, -0.05) is 11.8 Å². The van der Waals surface area contributed by atoms with E-state index in [2.05, 4.69) is 40.8 Å². The van der Waals surface area contributed by atoms with Gasteiger partial charge < -0.3 is 10.1 Å². The fourth-order valence-corrected chi connectivity index (χ4v) is 1.91. The number of methoxy groups -OCH3 is 1. The highest BCUT2D eigenvalue weighted by Crippen LogP contribution is 2.13. The molecule has 106 valence electrons. The number of rotatable bonds is 6. The highest BCUT2D eigenvalue weighted by atomic mass is 32.2. The maximum Gasteiger partial charge on any atom is 0.306 e. The van der Waals surface area contributed by atoms with Crippen molar-refractivity contribution in [1.82, 2.24) is 15.3 Å². The molecule has 19 heavy (non-hydrogen) atoms. The molecule has 0 fully saturated rings. The first kappa shape index (κ1) is 15.9. The second kappa shape index (κ2) is 7.45. The van der Waals surface area contributed by atoms with Crippen molar-refractivity contribution in [2.75, 3.05) is 12.9 Å². The van der Waals surface area contributed by atoms with Gasteiger partial charge in [0.1, 0.15) is 0 Å². The van der Waals surface area contributed by atoms with Crippen molar-refractivity contribution in [2.24, 2.45) is 0 Å². The van der Waals surface area contributed by atoms with E-state index in [0.717, 1.165) is 12.1 Å². The van der Waals surface area contributed by atoms with E-state index in [4.69, 9.17) is 0 Å². The molecule has 1 N–H and O–H groups in total. The van der Waals surface area contributed by atoms with E-state index in [0.29, 0.717) is 17.3 Å². The van der Waals surface area contributed by atoms with Crippen LogP contribution in [0.5, 0.6) is 0 Å². The molecule has 0 aliphatic rings. The van der Waals surface area contributed by atoms with Gasteiger partial charge in [0.15, 0.2) is 5.16 Å². The Labute approximate surface area is 118 Å². The average molecular weight is 283 g/mol. The van der Waals surface area contributed by atoms with Gasteiger partial charge in [-0.25, -0.2) is 9.97 Å². The summed E-state index contributed by atoms with van der Waals surface area (Å²) in [4.78, 5) is 19.5. The van der Waals surface area contributed by atoms with Gasteiger partial charge in [-0.05, 0) is 20.8 Å². The summed E-state index contributed by atoms with van der Waals surface area (Å²) in [7, 11) is 1.39. The van der Waals surface area contributed by atoms with Crippen LogP contribution in [0, 0.1) is 0 Å². The number of esters is 1. The molecule has 0 aliphatic carbocycles. The lowest BCUT2D eigenvalue weighted by molar-refractivity contribution is -0.140. The Hall–Kier alpha value is -1.14. The first-order valence-electron chi connectivity index (χ1n) is 6.16. The molecule has 0 aromatic carbocycles. The van der Waals surface area contributed by atoms with Crippen molar-refractivity contribution in [1.29, 1.82) is 0 Å². The minimum atomic E-state index is -0.210. The van der Waals surface area contributed by atoms with Crippen LogP contribution in [0.15, 0.2) is 17.6 Å². The molecule has 0 atom stereocenters. The summed E-state index contributed by atoms with van der Waals surface area (Å²) in [6.07, 6.45) is 4.00. The highest BCUT2D eigenvalue weighted by Gasteiger charge is 2.09. The van der Waals surface area contributed by atoms with Crippen molar-refractivity contribution in [2.45, 2.75) is 44.4 Å². The third-order valence-electron chi connectivity index (χ3n) is 2.27. The minimum absolute atomic E-state index is 0.0773. The summed E-state index contributed by atoms with van der Waals surface area (Å²) >= 11 is 1.45. The Morgan fingerprint density at radius 2 is 2.00 bits per heavy atom.